The summed E-state index contributed by atoms with van der Waals surface area (Å²) in [4.78, 5) is 37.9. The molecule has 0 unspecified atom stereocenters. The van der Waals surface area contributed by atoms with Crippen LogP contribution in [0.25, 0.3) is 11.3 Å². The molecule has 2 aromatic rings. The van der Waals surface area contributed by atoms with Gasteiger partial charge in [0.1, 0.15) is 5.76 Å². The molecule has 0 aromatic heterocycles. The predicted octanol–water partition coefficient (Wildman–Crippen LogP) is 3.17. The summed E-state index contributed by atoms with van der Waals surface area (Å²) in [5, 5.41) is 8.96. The SMILES string of the molecule is CO/C(=C1\C(=O)N(C(C)=O)c2ccc(C(C)=O)cc21)c1ccc(C#N)cc1. The lowest BCUT2D eigenvalue weighted by atomic mass is 9.98. The van der Waals surface area contributed by atoms with Crippen LogP contribution in [0.1, 0.15) is 40.9 Å². The number of hydrogen-bond donors (Lipinski definition) is 0. The van der Waals surface area contributed by atoms with E-state index >= 15 is 0 Å². The quantitative estimate of drug-likeness (QED) is 0.477. The molecular weight excluding hydrogens is 344 g/mol. The van der Waals surface area contributed by atoms with Gasteiger partial charge in [-0.15, -0.1) is 0 Å². The van der Waals surface area contributed by atoms with Gasteiger partial charge in [-0.1, -0.05) is 0 Å². The zero-order valence-corrected chi connectivity index (χ0v) is 15.1. The van der Waals surface area contributed by atoms with Crippen LogP contribution in [-0.4, -0.2) is 24.7 Å². The summed E-state index contributed by atoms with van der Waals surface area (Å²) in [6, 6.07) is 13.4. The van der Waals surface area contributed by atoms with Crippen LogP contribution in [0.3, 0.4) is 0 Å². The van der Waals surface area contributed by atoms with Gasteiger partial charge in [-0.3, -0.25) is 14.4 Å². The van der Waals surface area contributed by atoms with E-state index in [9.17, 15) is 14.4 Å². The smallest absolute Gasteiger partial charge is 0.269 e. The lowest BCUT2D eigenvalue weighted by molar-refractivity contribution is -0.122. The molecule has 0 saturated heterocycles. The number of Topliss-reactive ketones (excluding diaryl/α,β-unsaturated/α-hetero) is 1. The first-order chi connectivity index (χ1) is 12.9. The van der Waals surface area contributed by atoms with Gasteiger partial charge in [0.2, 0.25) is 5.91 Å². The summed E-state index contributed by atoms with van der Waals surface area (Å²) in [5.41, 5.74) is 2.57. The summed E-state index contributed by atoms with van der Waals surface area (Å²) in [6.45, 7) is 2.74. The van der Waals surface area contributed by atoms with Gasteiger partial charge < -0.3 is 4.74 Å². The topological polar surface area (TPSA) is 87.5 Å². The van der Waals surface area contributed by atoms with E-state index in [1.54, 1.807) is 42.5 Å². The zero-order chi connectivity index (χ0) is 19.7. The van der Waals surface area contributed by atoms with E-state index in [2.05, 4.69) is 0 Å². The fourth-order valence-corrected chi connectivity index (χ4v) is 3.08. The second-order valence-corrected chi connectivity index (χ2v) is 6.05. The highest BCUT2D eigenvalue weighted by molar-refractivity contribution is 6.43. The molecule has 27 heavy (non-hydrogen) atoms. The maximum atomic E-state index is 13.0. The van der Waals surface area contributed by atoms with E-state index in [0.29, 0.717) is 27.9 Å². The van der Waals surface area contributed by atoms with Crippen LogP contribution >= 0.6 is 0 Å². The molecule has 0 radical (unpaired) electrons. The molecule has 6 nitrogen and oxygen atoms in total. The molecule has 0 atom stereocenters. The van der Waals surface area contributed by atoms with Crippen molar-refractivity contribution in [3.63, 3.8) is 0 Å². The molecule has 0 aliphatic carbocycles. The molecule has 3 rings (SSSR count). The van der Waals surface area contributed by atoms with Gasteiger partial charge in [0, 0.05) is 23.6 Å². The highest BCUT2D eigenvalue weighted by Gasteiger charge is 2.38. The van der Waals surface area contributed by atoms with E-state index in [-0.39, 0.29) is 17.1 Å². The predicted molar refractivity (Wildman–Crippen MR) is 99.6 cm³/mol. The van der Waals surface area contributed by atoms with Crippen LogP contribution in [0.4, 0.5) is 5.69 Å². The number of rotatable bonds is 3. The van der Waals surface area contributed by atoms with Crippen LogP contribution in [0.5, 0.6) is 0 Å². The molecule has 0 fully saturated rings. The maximum absolute atomic E-state index is 13.0. The minimum absolute atomic E-state index is 0.150. The number of hydrogen-bond acceptors (Lipinski definition) is 5. The number of anilines is 1. The molecule has 0 saturated carbocycles. The van der Waals surface area contributed by atoms with Crippen molar-refractivity contribution in [1.29, 1.82) is 5.26 Å². The Morgan fingerprint density at radius 1 is 1.04 bits per heavy atom. The average Bonchev–Trinajstić information content (AvgIpc) is 2.94. The van der Waals surface area contributed by atoms with Crippen molar-refractivity contribution >= 4 is 34.6 Å². The van der Waals surface area contributed by atoms with Crippen molar-refractivity contribution in [2.45, 2.75) is 13.8 Å². The number of carbonyl (C=O) groups is 3. The number of nitriles is 1. The third-order valence-electron chi connectivity index (χ3n) is 4.35. The molecule has 0 bridgehead atoms. The summed E-state index contributed by atoms with van der Waals surface area (Å²) in [7, 11) is 1.43. The number of nitrogens with zero attached hydrogens (tertiary/aromatic N) is 2. The Labute approximate surface area is 156 Å². The average molecular weight is 360 g/mol. The van der Waals surface area contributed by atoms with Gasteiger partial charge in [-0.05, 0) is 49.4 Å². The highest BCUT2D eigenvalue weighted by atomic mass is 16.5. The van der Waals surface area contributed by atoms with Gasteiger partial charge in [-0.2, -0.15) is 5.26 Å². The van der Waals surface area contributed by atoms with E-state index in [1.807, 2.05) is 6.07 Å². The number of amides is 2. The van der Waals surface area contributed by atoms with Gasteiger partial charge in [0.15, 0.2) is 5.78 Å². The molecule has 1 heterocycles. The van der Waals surface area contributed by atoms with Crippen molar-refractivity contribution in [3.05, 3.63) is 64.7 Å². The molecule has 1 aliphatic heterocycles. The van der Waals surface area contributed by atoms with Crippen molar-refractivity contribution in [1.82, 2.24) is 0 Å². The summed E-state index contributed by atoms with van der Waals surface area (Å²) in [6.07, 6.45) is 0. The minimum atomic E-state index is -0.514. The Morgan fingerprint density at radius 2 is 1.67 bits per heavy atom. The summed E-state index contributed by atoms with van der Waals surface area (Å²) in [5.74, 6) is -0.820. The lowest BCUT2D eigenvalue weighted by Crippen LogP contribution is -2.31. The third kappa shape index (κ3) is 3.00. The fraction of sp³-hybridized carbons (Fsp3) is 0.143. The van der Waals surface area contributed by atoms with Crippen LogP contribution in [-0.2, 0) is 14.3 Å². The maximum Gasteiger partial charge on any atom is 0.269 e. The monoisotopic (exact) mass is 360 g/mol. The molecular formula is C21H16N2O4. The first-order valence-corrected chi connectivity index (χ1v) is 8.18. The normalized spacial score (nSPS) is 14.4. The summed E-state index contributed by atoms with van der Waals surface area (Å²) >= 11 is 0. The van der Waals surface area contributed by atoms with Gasteiger partial charge in [0.25, 0.3) is 5.91 Å². The Kier molecular flexibility index (Phi) is 4.61. The van der Waals surface area contributed by atoms with Gasteiger partial charge in [-0.25, -0.2) is 4.90 Å². The standard InChI is InChI=1S/C21H16N2O4/c1-12(24)16-8-9-18-17(10-16)19(21(26)23(18)13(2)25)20(27-3)15-6-4-14(11-22)5-7-15/h4-10H,1-3H3/b20-19-. The van der Waals surface area contributed by atoms with E-state index in [1.165, 1.54) is 21.0 Å². The van der Waals surface area contributed by atoms with E-state index in [4.69, 9.17) is 10.00 Å². The van der Waals surface area contributed by atoms with Crippen molar-refractivity contribution in [2.24, 2.45) is 0 Å². The Morgan fingerprint density at radius 3 is 2.19 bits per heavy atom. The third-order valence-corrected chi connectivity index (χ3v) is 4.35. The number of carbonyl (C=O) groups excluding carboxylic acids is 3. The van der Waals surface area contributed by atoms with Crippen LogP contribution < -0.4 is 4.90 Å². The second kappa shape index (κ2) is 6.89. The summed E-state index contributed by atoms with van der Waals surface area (Å²) < 4.78 is 5.50. The van der Waals surface area contributed by atoms with E-state index in [0.717, 1.165) is 4.90 Å². The van der Waals surface area contributed by atoms with Gasteiger partial charge in [0.05, 0.1) is 30.0 Å². The number of ether oxygens (including phenoxy) is 1. The van der Waals surface area contributed by atoms with Crippen molar-refractivity contribution in [2.75, 3.05) is 12.0 Å². The number of ketones is 1. The van der Waals surface area contributed by atoms with Gasteiger partial charge >= 0.3 is 0 Å². The molecule has 0 N–H and O–H groups in total. The van der Waals surface area contributed by atoms with Crippen molar-refractivity contribution < 1.29 is 19.1 Å². The first kappa shape index (κ1) is 18.1. The molecule has 134 valence electrons. The van der Waals surface area contributed by atoms with Crippen LogP contribution in [0, 0.1) is 11.3 Å². The fourth-order valence-electron chi connectivity index (χ4n) is 3.08. The van der Waals surface area contributed by atoms with Crippen molar-refractivity contribution in [3.8, 4) is 6.07 Å². The highest BCUT2D eigenvalue weighted by Crippen LogP contribution is 2.41. The molecule has 0 spiro atoms. The number of fused-ring (bicyclic) bond motifs is 1. The number of imide groups is 1. The zero-order valence-electron chi connectivity index (χ0n) is 15.1. The molecule has 2 amide bonds. The number of methoxy groups -OCH3 is 1. The largest absolute Gasteiger partial charge is 0.495 e. The Bertz CT molecular complexity index is 1040. The molecule has 6 heteroatoms. The number of benzene rings is 2. The first-order valence-electron chi connectivity index (χ1n) is 8.18. The molecule has 1 aliphatic rings. The minimum Gasteiger partial charge on any atom is -0.495 e. The lowest BCUT2D eigenvalue weighted by Gasteiger charge is -2.12. The van der Waals surface area contributed by atoms with E-state index < -0.39 is 11.8 Å². The Balaban J connectivity index is 2.30. The Hall–Kier alpha value is -3.72. The molecule has 2 aromatic carbocycles. The van der Waals surface area contributed by atoms with Crippen LogP contribution in [0.2, 0.25) is 0 Å². The second-order valence-electron chi connectivity index (χ2n) is 6.05. The van der Waals surface area contributed by atoms with Crippen LogP contribution in [0.15, 0.2) is 42.5 Å².